The smallest absolute Gasteiger partial charge is 0.379 e. The van der Waals surface area contributed by atoms with Crippen molar-refractivity contribution in [2.45, 2.75) is 143 Å². The molecule has 0 aliphatic carbocycles. The molecule has 0 bridgehead atoms. The second kappa shape index (κ2) is 24.9. The fraction of sp³-hybridized carbons (Fsp3) is 1.00. The first-order valence-corrected chi connectivity index (χ1v) is 22.2. The van der Waals surface area contributed by atoms with E-state index in [0.29, 0.717) is 26.4 Å². The van der Waals surface area contributed by atoms with Gasteiger partial charge in [0.05, 0.1) is 13.2 Å². The van der Waals surface area contributed by atoms with Crippen LogP contribution in [0.2, 0.25) is 25.7 Å². The molecule has 0 N–H and O–H groups in total. The summed E-state index contributed by atoms with van der Waals surface area (Å²) in [4.78, 5) is 0. The summed E-state index contributed by atoms with van der Waals surface area (Å²) in [5, 5.41) is 0. The van der Waals surface area contributed by atoms with Gasteiger partial charge >= 0.3 is 8.80 Å². The van der Waals surface area contributed by atoms with Gasteiger partial charge in [-0.25, -0.2) is 0 Å². The summed E-state index contributed by atoms with van der Waals surface area (Å²) < 4.78 is 24.2. The zero-order valence-electron chi connectivity index (χ0n) is 24.6. The molecule has 7 heteroatoms. The molecule has 0 aromatic carbocycles. The molecule has 0 amide bonds. The zero-order chi connectivity index (χ0) is 26.1. The largest absolute Gasteiger partial charge is 0.501 e. The number of hydrogen-bond donors (Lipinski definition) is 0. The minimum atomic E-state index is -2.58. The van der Waals surface area contributed by atoms with Crippen molar-refractivity contribution in [1.82, 2.24) is 0 Å². The van der Waals surface area contributed by atoms with Crippen LogP contribution in [0.5, 0.6) is 0 Å². The summed E-state index contributed by atoms with van der Waals surface area (Å²) >= 11 is 2.13. The van der Waals surface area contributed by atoms with Gasteiger partial charge in [0.25, 0.3) is 0 Å². The predicted molar refractivity (Wildman–Crippen MR) is 161 cm³/mol. The Morgan fingerprint density at radius 3 is 1.46 bits per heavy atom. The molecular weight excluding hydrogens is 489 g/mol. The number of rotatable bonds is 28. The van der Waals surface area contributed by atoms with Gasteiger partial charge in [-0.3, -0.25) is 0 Å². The molecule has 4 nitrogen and oxygen atoms in total. The topological polar surface area (TPSA) is 36.9 Å². The van der Waals surface area contributed by atoms with E-state index in [-0.39, 0.29) is 0 Å². The van der Waals surface area contributed by atoms with Crippen molar-refractivity contribution in [3.8, 4) is 0 Å². The summed E-state index contributed by atoms with van der Waals surface area (Å²) in [7, 11) is -3.65. The number of ether oxygens (including phenoxy) is 1. The van der Waals surface area contributed by atoms with Crippen LogP contribution >= 0.6 is 11.2 Å². The average Bonchev–Trinajstić information content (AvgIpc) is 2.81. The first kappa shape index (κ1) is 35.6. The maximum Gasteiger partial charge on any atom is 0.501 e. The second-order valence-corrected chi connectivity index (χ2v) is 22.9. The highest BCUT2D eigenvalue weighted by atomic mass is 32.4. The van der Waals surface area contributed by atoms with Gasteiger partial charge in [-0.15, -0.1) is 0 Å². The Hall–Kier alpha value is 0.624. The van der Waals surface area contributed by atoms with Gasteiger partial charge in [0.15, 0.2) is 0 Å². The molecule has 0 aromatic heterocycles. The molecule has 0 aliphatic heterocycles. The third-order valence-corrected chi connectivity index (χ3v) is 13.7. The highest BCUT2D eigenvalue weighted by Gasteiger charge is 2.40. The molecule has 212 valence electrons. The van der Waals surface area contributed by atoms with E-state index in [4.69, 9.17) is 18.0 Å². The van der Waals surface area contributed by atoms with Crippen molar-refractivity contribution < 1.29 is 18.0 Å². The minimum absolute atomic E-state index is 0.575. The van der Waals surface area contributed by atoms with Crippen LogP contribution in [0.3, 0.4) is 0 Å². The van der Waals surface area contributed by atoms with Crippen LogP contribution < -0.4 is 0 Å². The standard InChI is InChI=1S/C28H62O4SSi2/c1-7-10-11-12-13-14-15-16-17-18-19-20-21-22-24-29-25-26-32-35(30-8-2,31-9-3)28-23-27-33-34(4,5)6/h7-28H2,1-6H3. The van der Waals surface area contributed by atoms with Gasteiger partial charge in [0.1, 0.15) is 7.22 Å². The molecule has 0 heterocycles. The quantitative estimate of drug-likeness (QED) is 0.0716. The lowest BCUT2D eigenvalue weighted by Crippen LogP contribution is -2.46. The SMILES string of the molecule is CCCCCCCCCCCCCCCCOCCO[Si](CCCS[Si](C)(C)C)(OCC)OCC. The summed E-state index contributed by atoms with van der Waals surface area (Å²) in [6.07, 6.45) is 20.5. The molecule has 0 radical (unpaired) electrons. The van der Waals surface area contributed by atoms with Crippen LogP contribution in [-0.4, -0.2) is 54.8 Å². The summed E-state index contributed by atoms with van der Waals surface area (Å²) in [5.41, 5.74) is 0. The molecule has 0 aliphatic rings. The van der Waals surface area contributed by atoms with Gasteiger partial charge in [0.2, 0.25) is 0 Å². The zero-order valence-corrected chi connectivity index (χ0v) is 27.4. The maximum atomic E-state index is 6.24. The van der Waals surface area contributed by atoms with Crippen molar-refractivity contribution in [3.63, 3.8) is 0 Å². The molecule has 0 saturated heterocycles. The van der Waals surface area contributed by atoms with E-state index in [1.165, 1.54) is 89.2 Å². The third-order valence-electron chi connectivity index (χ3n) is 6.08. The van der Waals surface area contributed by atoms with Gasteiger partial charge < -0.3 is 18.0 Å². The van der Waals surface area contributed by atoms with Crippen LogP contribution in [-0.2, 0) is 18.0 Å². The van der Waals surface area contributed by atoms with Crippen molar-refractivity contribution in [2.75, 3.05) is 38.8 Å². The summed E-state index contributed by atoms with van der Waals surface area (Å²) in [5.74, 6) is 1.17. The fourth-order valence-corrected chi connectivity index (χ4v) is 10.2. The molecule has 0 spiro atoms. The van der Waals surface area contributed by atoms with E-state index in [1.54, 1.807) is 0 Å². The van der Waals surface area contributed by atoms with Gasteiger partial charge in [-0.2, -0.15) is 11.2 Å². The first-order chi connectivity index (χ1) is 16.9. The maximum absolute atomic E-state index is 6.24. The Kier molecular flexibility index (Phi) is 25.4. The highest BCUT2D eigenvalue weighted by Crippen LogP contribution is 2.24. The van der Waals surface area contributed by atoms with Crippen molar-refractivity contribution in [3.05, 3.63) is 0 Å². The Balaban J connectivity index is 3.71. The van der Waals surface area contributed by atoms with E-state index < -0.39 is 16.0 Å². The van der Waals surface area contributed by atoms with Crippen molar-refractivity contribution in [2.24, 2.45) is 0 Å². The molecule has 0 rings (SSSR count). The molecule has 0 fully saturated rings. The van der Waals surface area contributed by atoms with Gasteiger partial charge in [-0.05, 0) is 32.4 Å². The van der Waals surface area contributed by atoms with E-state index in [9.17, 15) is 0 Å². The first-order valence-electron chi connectivity index (χ1n) is 15.0. The van der Waals surface area contributed by atoms with Crippen molar-refractivity contribution >= 4 is 27.2 Å². The summed E-state index contributed by atoms with van der Waals surface area (Å²) in [6.45, 7) is 16.9. The Morgan fingerprint density at radius 2 is 1.00 bits per heavy atom. The summed E-state index contributed by atoms with van der Waals surface area (Å²) in [6, 6.07) is 0.908. The minimum Gasteiger partial charge on any atom is -0.379 e. The van der Waals surface area contributed by atoms with E-state index in [0.717, 1.165) is 25.5 Å². The molecule has 0 atom stereocenters. The van der Waals surface area contributed by atoms with E-state index >= 15 is 0 Å². The number of hydrogen-bond acceptors (Lipinski definition) is 5. The lowest BCUT2D eigenvalue weighted by molar-refractivity contribution is 0.0331. The normalized spacial score (nSPS) is 12.5. The third kappa shape index (κ3) is 24.7. The lowest BCUT2D eigenvalue weighted by atomic mass is 10.0. The van der Waals surface area contributed by atoms with Crippen LogP contribution in [0.4, 0.5) is 0 Å². The fourth-order valence-electron chi connectivity index (χ4n) is 4.21. The van der Waals surface area contributed by atoms with Crippen molar-refractivity contribution in [1.29, 1.82) is 0 Å². The Labute approximate surface area is 226 Å². The highest BCUT2D eigenvalue weighted by molar-refractivity contribution is 8.28. The molecular formula is C28H62O4SSi2. The Bertz CT molecular complexity index is 430. The van der Waals surface area contributed by atoms with E-state index in [2.05, 4.69) is 37.8 Å². The van der Waals surface area contributed by atoms with Crippen LogP contribution in [0, 0.1) is 0 Å². The van der Waals surface area contributed by atoms with Crippen LogP contribution in [0.1, 0.15) is 117 Å². The molecule has 0 aromatic rings. The lowest BCUT2D eigenvalue weighted by Gasteiger charge is -2.29. The predicted octanol–water partition coefficient (Wildman–Crippen LogP) is 9.47. The molecule has 35 heavy (non-hydrogen) atoms. The monoisotopic (exact) mass is 550 g/mol. The van der Waals surface area contributed by atoms with Crippen LogP contribution in [0.25, 0.3) is 0 Å². The molecule has 0 unspecified atom stereocenters. The van der Waals surface area contributed by atoms with Gasteiger partial charge in [0, 0.05) is 25.9 Å². The Morgan fingerprint density at radius 1 is 0.514 bits per heavy atom. The van der Waals surface area contributed by atoms with Gasteiger partial charge in [-0.1, -0.05) is 110 Å². The van der Waals surface area contributed by atoms with E-state index in [1.807, 2.05) is 13.8 Å². The molecule has 0 saturated carbocycles. The number of unbranched alkanes of at least 4 members (excludes halogenated alkanes) is 13. The second-order valence-electron chi connectivity index (χ2n) is 10.7. The van der Waals surface area contributed by atoms with Crippen LogP contribution in [0.15, 0.2) is 0 Å². The average molecular weight is 551 g/mol.